The van der Waals surface area contributed by atoms with E-state index in [4.69, 9.17) is 23.2 Å². The van der Waals surface area contributed by atoms with Crippen molar-refractivity contribution in [1.29, 1.82) is 0 Å². The van der Waals surface area contributed by atoms with Crippen molar-refractivity contribution >= 4 is 29.1 Å². The van der Waals surface area contributed by atoms with Gasteiger partial charge in [0.2, 0.25) is 0 Å². The van der Waals surface area contributed by atoms with Gasteiger partial charge in [-0.1, -0.05) is 11.6 Å². The number of amides is 1. The van der Waals surface area contributed by atoms with Crippen molar-refractivity contribution in [1.82, 2.24) is 10.3 Å². The minimum atomic E-state index is -0.153. The third-order valence-corrected chi connectivity index (χ3v) is 2.08. The maximum Gasteiger partial charge on any atom is 0.252 e. The summed E-state index contributed by atoms with van der Waals surface area (Å²) in [6.07, 6.45) is 2.20. The molecule has 0 saturated carbocycles. The van der Waals surface area contributed by atoms with E-state index in [0.29, 0.717) is 23.1 Å². The summed E-state index contributed by atoms with van der Waals surface area (Å²) in [5, 5.41) is 3.09. The zero-order valence-corrected chi connectivity index (χ0v) is 8.98. The largest absolute Gasteiger partial charge is 0.352 e. The van der Waals surface area contributed by atoms with Gasteiger partial charge in [0.25, 0.3) is 5.91 Å². The molecule has 1 aromatic heterocycles. The zero-order valence-electron chi connectivity index (χ0n) is 7.46. The van der Waals surface area contributed by atoms with Crippen molar-refractivity contribution in [2.24, 2.45) is 0 Å². The third kappa shape index (κ3) is 3.52. The lowest BCUT2D eigenvalue weighted by atomic mass is 10.2. The number of aromatic nitrogens is 1. The number of hydrogen-bond acceptors (Lipinski definition) is 2. The fourth-order valence-corrected chi connectivity index (χ4v) is 1.13. The molecular weight excluding hydrogens is 223 g/mol. The SMILES string of the molecule is O=C(NCCCCl)c1ccc(Cl)nc1. The molecule has 0 radical (unpaired) electrons. The standard InChI is InChI=1S/C9H10Cl2N2O/c10-4-1-5-12-9(14)7-2-3-8(11)13-6-7/h2-3,6H,1,4-5H2,(H,12,14). The lowest BCUT2D eigenvalue weighted by molar-refractivity contribution is 0.0953. The van der Waals surface area contributed by atoms with Crippen LogP contribution in [0.25, 0.3) is 0 Å². The lowest BCUT2D eigenvalue weighted by Crippen LogP contribution is -2.24. The Morgan fingerprint density at radius 1 is 1.50 bits per heavy atom. The summed E-state index contributed by atoms with van der Waals surface area (Å²) in [5.74, 6) is 0.387. The average molecular weight is 233 g/mol. The second-order valence-corrected chi connectivity index (χ2v) is 3.43. The van der Waals surface area contributed by atoms with Crippen LogP contribution in [0.15, 0.2) is 18.3 Å². The van der Waals surface area contributed by atoms with Crippen LogP contribution in [0.2, 0.25) is 5.15 Å². The van der Waals surface area contributed by atoms with Gasteiger partial charge in [0, 0.05) is 18.6 Å². The number of halogens is 2. The lowest BCUT2D eigenvalue weighted by Gasteiger charge is -2.02. The summed E-state index contributed by atoms with van der Waals surface area (Å²) in [6.45, 7) is 0.574. The molecule has 1 amide bonds. The molecule has 0 saturated heterocycles. The quantitative estimate of drug-likeness (QED) is 0.491. The highest BCUT2D eigenvalue weighted by molar-refractivity contribution is 6.29. The van der Waals surface area contributed by atoms with Crippen LogP contribution in [0.3, 0.4) is 0 Å². The molecule has 1 rings (SSSR count). The van der Waals surface area contributed by atoms with E-state index in [1.54, 1.807) is 12.1 Å². The van der Waals surface area contributed by atoms with E-state index < -0.39 is 0 Å². The van der Waals surface area contributed by atoms with Crippen molar-refractivity contribution in [2.75, 3.05) is 12.4 Å². The Labute approximate surface area is 92.4 Å². The van der Waals surface area contributed by atoms with Gasteiger partial charge in [-0.05, 0) is 18.6 Å². The van der Waals surface area contributed by atoms with Crippen LogP contribution in [0.4, 0.5) is 0 Å². The number of nitrogens with zero attached hydrogens (tertiary/aromatic N) is 1. The predicted octanol–water partition coefficient (Wildman–Crippen LogP) is 2.09. The zero-order chi connectivity index (χ0) is 10.4. The highest BCUT2D eigenvalue weighted by Crippen LogP contribution is 2.04. The van der Waals surface area contributed by atoms with E-state index in [1.807, 2.05) is 0 Å². The van der Waals surface area contributed by atoms with Gasteiger partial charge in [0.05, 0.1) is 5.56 Å². The second-order valence-electron chi connectivity index (χ2n) is 2.67. The molecule has 3 nitrogen and oxygen atoms in total. The van der Waals surface area contributed by atoms with Crippen molar-refractivity contribution in [3.05, 3.63) is 29.0 Å². The first-order valence-corrected chi connectivity index (χ1v) is 5.11. The number of pyridine rings is 1. The van der Waals surface area contributed by atoms with Gasteiger partial charge in [-0.25, -0.2) is 4.98 Å². The number of carbonyl (C=O) groups is 1. The van der Waals surface area contributed by atoms with E-state index >= 15 is 0 Å². The average Bonchev–Trinajstić information content (AvgIpc) is 2.19. The van der Waals surface area contributed by atoms with E-state index in [2.05, 4.69) is 10.3 Å². The number of hydrogen-bond donors (Lipinski definition) is 1. The molecule has 0 fully saturated rings. The first-order valence-electron chi connectivity index (χ1n) is 4.20. The first kappa shape index (κ1) is 11.3. The van der Waals surface area contributed by atoms with Gasteiger partial charge in [0.1, 0.15) is 5.15 Å². The molecule has 1 aromatic rings. The second kappa shape index (κ2) is 5.83. The molecular formula is C9H10Cl2N2O. The van der Waals surface area contributed by atoms with Crippen LogP contribution < -0.4 is 5.32 Å². The number of alkyl halides is 1. The van der Waals surface area contributed by atoms with E-state index in [9.17, 15) is 4.79 Å². The smallest absolute Gasteiger partial charge is 0.252 e. The fourth-order valence-electron chi connectivity index (χ4n) is 0.881. The molecule has 0 unspecified atom stereocenters. The molecule has 1 N–H and O–H groups in total. The summed E-state index contributed by atoms with van der Waals surface area (Å²) >= 11 is 11.1. The topological polar surface area (TPSA) is 42.0 Å². The number of carbonyl (C=O) groups excluding carboxylic acids is 1. The van der Waals surface area contributed by atoms with Crippen molar-refractivity contribution in [3.63, 3.8) is 0 Å². The van der Waals surface area contributed by atoms with Gasteiger partial charge in [0.15, 0.2) is 0 Å². The molecule has 1 heterocycles. The summed E-state index contributed by atoms with van der Waals surface area (Å²) in [5.41, 5.74) is 0.504. The van der Waals surface area contributed by atoms with Crippen LogP contribution in [0, 0.1) is 0 Å². The van der Waals surface area contributed by atoms with Crippen molar-refractivity contribution < 1.29 is 4.79 Å². The van der Waals surface area contributed by atoms with Crippen LogP contribution in [-0.4, -0.2) is 23.3 Å². The van der Waals surface area contributed by atoms with Gasteiger partial charge in [-0.15, -0.1) is 11.6 Å². The van der Waals surface area contributed by atoms with Crippen LogP contribution in [0.5, 0.6) is 0 Å². The Morgan fingerprint density at radius 3 is 2.86 bits per heavy atom. The Kier molecular flexibility index (Phi) is 4.70. The van der Waals surface area contributed by atoms with Gasteiger partial charge in [-0.2, -0.15) is 0 Å². The fraction of sp³-hybridized carbons (Fsp3) is 0.333. The molecule has 76 valence electrons. The summed E-state index contributed by atoms with van der Waals surface area (Å²) < 4.78 is 0. The van der Waals surface area contributed by atoms with Crippen LogP contribution in [0.1, 0.15) is 16.8 Å². The van der Waals surface area contributed by atoms with E-state index in [-0.39, 0.29) is 5.91 Å². The highest BCUT2D eigenvalue weighted by atomic mass is 35.5. The Balaban J connectivity index is 2.48. The highest BCUT2D eigenvalue weighted by Gasteiger charge is 2.04. The summed E-state index contributed by atoms with van der Waals surface area (Å²) in [6, 6.07) is 3.21. The van der Waals surface area contributed by atoms with Gasteiger partial charge in [-0.3, -0.25) is 4.79 Å². The van der Waals surface area contributed by atoms with Gasteiger partial charge < -0.3 is 5.32 Å². The maximum atomic E-state index is 11.4. The molecule has 14 heavy (non-hydrogen) atoms. The molecule has 0 aliphatic carbocycles. The Hall–Kier alpha value is -0.800. The Morgan fingerprint density at radius 2 is 2.29 bits per heavy atom. The summed E-state index contributed by atoms with van der Waals surface area (Å²) in [7, 11) is 0. The van der Waals surface area contributed by atoms with E-state index in [0.717, 1.165) is 6.42 Å². The summed E-state index contributed by atoms with van der Waals surface area (Å²) in [4.78, 5) is 15.2. The molecule has 5 heteroatoms. The normalized spacial score (nSPS) is 9.86. The molecule has 0 bridgehead atoms. The third-order valence-electron chi connectivity index (χ3n) is 1.59. The maximum absolute atomic E-state index is 11.4. The van der Waals surface area contributed by atoms with Gasteiger partial charge >= 0.3 is 0 Å². The molecule has 0 aromatic carbocycles. The van der Waals surface area contributed by atoms with Crippen molar-refractivity contribution in [2.45, 2.75) is 6.42 Å². The Bertz CT molecular complexity index is 300. The number of nitrogens with one attached hydrogen (secondary N) is 1. The molecule has 0 atom stereocenters. The van der Waals surface area contributed by atoms with Crippen LogP contribution in [-0.2, 0) is 0 Å². The minimum absolute atomic E-state index is 0.153. The monoisotopic (exact) mass is 232 g/mol. The molecule has 0 aliphatic heterocycles. The van der Waals surface area contributed by atoms with Crippen molar-refractivity contribution in [3.8, 4) is 0 Å². The minimum Gasteiger partial charge on any atom is -0.352 e. The molecule has 0 aliphatic rings. The first-order chi connectivity index (χ1) is 6.74. The van der Waals surface area contributed by atoms with E-state index in [1.165, 1.54) is 6.20 Å². The number of rotatable bonds is 4. The van der Waals surface area contributed by atoms with Crippen LogP contribution >= 0.6 is 23.2 Å². The molecule has 0 spiro atoms. The predicted molar refractivity (Wildman–Crippen MR) is 56.9 cm³/mol.